The molecule has 0 atom stereocenters. The highest BCUT2D eigenvalue weighted by Crippen LogP contribution is 2.19. The SMILES string of the molecule is COC(=O)CCCNC(=O)c1cc(COc2ccc(F)cc2F)on1. The number of nitrogens with one attached hydrogen (secondary N) is 1. The first-order chi connectivity index (χ1) is 12.0. The van der Waals surface area contributed by atoms with Crippen molar-refractivity contribution in [3.05, 3.63) is 47.4 Å². The lowest BCUT2D eigenvalue weighted by atomic mass is 10.3. The molecule has 134 valence electrons. The number of rotatable bonds is 8. The molecule has 0 aliphatic carbocycles. The van der Waals surface area contributed by atoms with Crippen molar-refractivity contribution in [3.63, 3.8) is 0 Å². The predicted octanol–water partition coefficient (Wildman–Crippen LogP) is 2.21. The molecule has 7 nitrogen and oxygen atoms in total. The van der Waals surface area contributed by atoms with Crippen molar-refractivity contribution in [1.82, 2.24) is 10.5 Å². The molecule has 1 amide bonds. The van der Waals surface area contributed by atoms with Gasteiger partial charge in [-0.3, -0.25) is 9.59 Å². The van der Waals surface area contributed by atoms with E-state index in [0.717, 1.165) is 12.1 Å². The van der Waals surface area contributed by atoms with E-state index >= 15 is 0 Å². The van der Waals surface area contributed by atoms with Gasteiger partial charge in [-0.2, -0.15) is 0 Å². The Bertz CT molecular complexity index is 748. The fourth-order valence-corrected chi connectivity index (χ4v) is 1.86. The van der Waals surface area contributed by atoms with E-state index in [4.69, 9.17) is 9.26 Å². The van der Waals surface area contributed by atoms with Crippen LogP contribution in [0.4, 0.5) is 8.78 Å². The van der Waals surface area contributed by atoms with Gasteiger partial charge in [0.05, 0.1) is 7.11 Å². The van der Waals surface area contributed by atoms with Gasteiger partial charge in [-0.1, -0.05) is 5.16 Å². The summed E-state index contributed by atoms with van der Waals surface area (Å²) >= 11 is 0. The number of benzene rings is 1. The smallest absolute Gasteiger partial charge is 0.305 e. The summed E-state index contributed by atoms with van der Waals surface area (Å²) in [6.45, 7) is 0.0958. The van der Waals surface area contributed by atoms with Crippen LogP contribution in [-0.2, 0) is 16.1 Å². The number of hydrogen-bond donors (Lipinski definition) is 1. The van der Waals surface area contributed by atoms with E-state index in [9.17, 15) is 18.4 Å². The van der Waals surface area contributed by atoms with Crippen LogP contribution in [0.1, 0.15) is 29.1 Å². The van der Waals surface area contributed by atoms with E-state index in [-0.39, 0.29) is 42.7 Å². The highest BCUT2D eigenvalue weighted by Gasteiger charge is 2.13. The molecule has 0 bridgehead atoms. The van der Waals surface area contributed by atoms with E-state index < -0.39 is 17.5 Å². The zero-order valence-corrected chi connectivity index (χ0v) is 13.4. The van der Waals surface area contributed by atoms with Crippen molar-refractivity contribution in [1.29, 1.82) is 0 Å². The van der Waals surface area contributed by atoms with Crippen LogP contribution in [0.5, 0.6) is 5.75 Å². The largest absolute Gasteiger partial charge is 0.482 e. The lowest BCUT2D eigenvalue weighted by molar-refractivity contribution is -0.140. The molecular weight excluding hydrogens is 338 g/mol. The predicted molar refractivity (Wildman–Crippen MR) is 80.8 cm³/mol. The second-order valence-electron chi connectivity index (χ2n) is 4.98. The highest BCUT2D eigenvalue weighted by atomic mass is 19.1. The number of hydrogen-bond acceptors (Lipinski definition) is 6. The minimum absolute atomic E-state index is 0.0243. The summed E-state index contributed by atoms with van der Waals surface area (Å²) in [4.78, 5) is 22.8. The summed E-state index contributed by atoms with van der Waals surface area (Å²) in [6.07, 6.45) is 0.619. The van der Waals surface area contributed by atoms with Gasteiger partial charge in [0.1, 0.15) is 12.4 Å². The fraction of sp³-hybridized carbons (Fsp3) is 0.312. The van der Waals surface area contributed by atoms with Gasteiger partial charge in [-0.05, 0) is 18.6 Å². The third-order valence-electron chi connectivity index (χ3n) is 3.13. The van der Waals surface area contributed by atoms with Gasteiger partial charge in [0.2, 0.25) is 0 Å². The van der Waals surface area contributed by atoms with E-state index in [0.29, 0.717) is 12.5 Å². The highest BCUT2D eigenvalue weighted by molar-refractivity contribution is 5.92. The van der Waals surface area contributed by atoms with Crippen LogP contribution in [0, 0.1) is 11.6 Å². The lowest BCUT2D eigenvalue weighted by Gasteiger charge is -2.04. The summed E-state index contributed by atoms with van der Waals surface area (Å²) in [5, 5.41) is 6.15. The zero-order chi connectivity index (χ0) is 18.2. The van der Waals surface area contributed by atoms with Crippen molar-refractivity contribution in [3.8, 4) is 5.75 Å². The zero-order valence-electron chi connectivity index (χ0n) is 13.4. The monoisotopic (exact) mass is 354 g/mol. The van der Waals surface area contributed by atoms with Crippen LogP contribution in [-0.4, -0.2) is 30.7 Å². The van der Waals surface area contributed by atoms with E-state index in [1.165, 1.54) is 13.2 Å². The van der Waals surface area contributed by atoms with Crippen molar-refractivity contribution >= 4 is 11.9 Å². The number of carbonyl (C=O) groups is 2. The quantitative estimate of drug-likeness (QED) is 0.577. The molecule has 0 fully saturated rings. The van der Waals surface area contributed by atoms with Crippen LogP contribution in [0.3, 0.4) is 0 Å². The number of amides is 1. The Labute approximate surface area is 141 Å². The molecule has 1 aromatic heterocycles. The molecular formula is C16H16F2N2O5. The lowest BCUT2D eigenvalue weighted by Crippen LogP contribution is -2.25. The van der Waals surface area contributed by atoms with Crippen molar-refractivity contribution < 1.29 is 32.4 Å². The van der Waals surface area contributed by atoms with Gasteiger partial charge < -0.3 is 19.3 Å². The maximum absolute atomic E-state index is 13.4. The topological polar surface area (TPSA) is 90.7 Å². The van der Waals surface area contributed by atoms with Crippen molar-refractivity contribution in [2.24, 2.45) is 0 Å². The van der Waals surface area contributed by atoms with Gasteiger partial charge in [0.15, 0.2) is 23.0 Å². The average Bonchev–Trinajstić information content (AvgIpc) is 3.06. The molecule has 2 rings (SSSR count). The van der Waals surface area contributed by atoms with Crippen LogP contribution in [0.15, 0.2) is 28.8 Å². The number of halogens is 2. The molecule has 25 heavy (non-hydrogen) atoms. The summed E-state index contributed by atoms with van der Waals surface area (Å²) in [7, 11) is 1.29. The van der Waals surface area contributed by atoms with Crippen LogP contribution in [0.2, 0.25) is 0 Å². The van der Waals surface area contributed by atoms with E-state index in [2.05, 4.69) is 15.2 Å². The molecule has 1 heterocycles. The molecule has 0 radical (unpaired) electrons. The number of ether oxygens (including phenoxy) is 2. The molecule has 2 aromatic rings. The summed E-state index contributed by atoms with van der Waals surface area (Å²) in [5.74, 6) is -2.34. The van der Waals surface area contributed by atoms with E-state index in [1.807, 2.05) is 0 Å². The summed E-state index contributed by atoms with van der Waals surface area (Å²) in [5.41, 5.74) is 0.0243. The average molecular weight is 354 g/mol. The molecule has 0 saturated heterocycles. The molecule has 1 aromatic carbocycles. The Balaban J connectivity index is 1.80. The first-order valence-corrected chi connectivity index (χ1v) is 7.38. The number of methoxy groups -OCH3 is 1. The Morgan fingerprint density at radius 3 is 2.80 bits per heavy atom. The maximum atomic E-state index is 13.4. The van der Waals surface area contributed by atoms with Gasteiger partial charge in [-0.15, -0.1) is 0 Å². The Morgan fingerprint density at radius 1 is 1.28 bits per heavy atom. The Hall–Kier alpha value is -2.97. The molecule has 0 saturated carbocycles. The number of nitrogens with zero attached hydrogens (tertiary/aromatic N) is 1. The Morgan fingerprint density at radius 2 is 2.08 bits per heavy atom. The van der Waals surface area contributed by atoms with Gasteiger partial charge >= 0.3 is 5.97 Å². The number of esters is 1. The maximum Gasteiger partial charge on any atom is 0.305 e. The van der Waals surface area contributed by atoms with Gasteiger partial charge in [-0.25, -0.2) is 8.78 Å². The van der Waals surface area contributed by atoms with Crippen LogP contribution in [0.25, 0.3) is 0 Å². The number of aromatic nitrogens is 1. The minimum atomic E-state index is -0.844. The number of carbonyl (C=O) groups excluding carboxylic acids is 2. The van der Waals surface area contributed by atoms with Crippen molar-refractivity contribution in [2.75, 3.05) is 13.7 Å². The molecule has 0 aliphatic heterocycles. The normalized spacial score (nSPS) is 10.4. The first kappa shape index (κ1) is 18.4. The minimum Gasteiger partial charge on any atom is -0.482 e. The molecule has 1 N–H and O–H groups in total. The first-order valence-electron chi connectivity index (χ1n) is 7.38. The molecule has 0 unspecified atom stereocenters. The van der Waals surface area contributed by atoms with Gasteiger partial charge in [0.25, 0.3) is 5.91 Å². The summed E-state index contributed by atoms with van der Waals surface area (Å²) < 4.78 is 40.8. The third-order valence-corrected chi connectivity index (χ3v) is 3.13. The second-order valence-corrected chi connectivity index (χ2v) is 4.98. The van der Waals surface area contributed by atoms with E-state index in [1.54, 1.807) is 0 Å². The standard InChI is InChI=1S/C16H16F2N2O5/c1-23-15(21)3-2-6-19-16(22)13-8-11(25-20-13)9-24-14-5-4-10(17)7-12(14)18/h4-5,7-8H,2-3,6,9H2,1H3,(H,19,22). The molecule has 0 aliphatic rings. The molecule has 9 heteroatoms. The Kier molecular flexibility index (Phi) is 6.44. The third kappa shape index (κ3) is 5.55. The van der Waals surface area contributed by atoms with Crippen LogP contribution >= 0.6 is 0 Å². The van der Waals surface area contributed by atoms with Gasteiger partial charge in [0, 0.05) is 25.1 Å². The fourth-order valence-electron chi connectivity index (χ4n) is 1.86. The molecule has 0 spiro atoms. The second kappa shape index (κ2) is 8.76. The summed E-state index contributed by atoms with van der Waals surface area (Å²) in [6, 6.07) is 4.25. The van der Waals surface area contributed by atoms with Crippen LogP contribution < -0.4 is 10.1 Å². The van der Waals surface area contributed by atoms with Crippen molar-refractivity contribution in [2.45, 2.75) is 19.4 Å².